The Morgan fingerprint density at radius 3 is 2.56 bits per heavy atom. The number of thiophene rings is 1. The lowest BCUT2D eigenvalue weighted by atomic mass is 9.96. The SMILES string of the molecule is CCCCN(CCCC)C(=O)CSc1nnc2n(CCc3ccccc3)c(=O)c3c4c(sc3n12)CO[C@H](C(C)C)C4. The number of benzene rings is 1. The molecular weight excluding hydrogens is 555 g/mol. The molecule has 1 atom stereocenters. The molecule has 0 bridgehead atoms. The van der Waals surface area contributed by atoms with Crippen molar-refractivity contribution in [2.24, 2.45) is 5.92 Å². The van der Waals surface area contributed by atoms with Crippen LogP contribution in [0.3, 0.4) is 0 Å². The summed E-state index contributed by atoms with van der Waals surface area (Å²) in [5, 5.41) is 10.4. The maximum Gasteiger partial charge on any atom is 0.263 e. The van der Waals surface area contributed by atoms with Crippen molar-refractivity contribution in [1.29, 1.82) is 0 Å². The van der Waals surface area contributed by atoms with Gasteiger partial charge in [-0.1, -0.05) is 82.6 Å². The fraction of sp³-hybridized carbons (Fsp3) is 0.548. The summed E-state index contributed by atoms with van der Waals surface area (Å²) in [6.07, 6.45) is 5.63. The van der Waals surface area contributed by atoms with Crippen LogP contribution in [-0.4, -0.2) is 54.9 Å². The highest BCUT2D eigenvalue weighted by Crippen LogP contribution is 2.37. The maximum absolute atomic E-state index is 14.1. The topological polar surface area (TPSA) is 81.7 Å². The van der Waals surface area contributed by atoms with Crippen LogP contribution in [0.1, 0.15) is 69.4 Å². The van der Waals surface area contributed by atoms with Gasteiger partial charge >= 0.3 is 0 Å². The number of hydrogen-bond acceptors (Lipinski definition) is 7. The van der Waals surface area contributed by atoms with Crippen LogP contribution in [0, 0.1) is 5.92 Å². The number of aryl methyl sites for hydroxylation is 2. The molecule has 10 heteroatoms. The van der Waals surface area contributed by atoms with E-state index in [1.807, 2.05) is 27.5 Å². The van der Waals surface area contributed by atoms with E-state index in [4.69, 9.17) is 4.74 Å². The van der Waals surface area contributed by atoms with Gasteiger partial charge in [-0.3, -0.25) is 14.2 Å². The average molecular weight is 596 g/mol. The lowest BCUT2D eigenvalue weighted by Gasteiger charge is -2.26. The first-order chi connectivity index (χ1) is 19.9. The molecule has 1 aliphatic heterocycles. The Bertz CT molecular complexity index is 1530. The highest BCUT2D eigenvalue weighted by atomic mass is 32.2. The number of ether oxygens (including phenoxy) is 1. The zero-order valence-electron chi connectivity index (χ0n) is 24.6. The summed E-state index contributed by atoms with van der Waals surface area (Å²) in [6, 6.07) is 10.2. The van der Waals surface area contributed by atoms with Gasteiger partial charge in [0.15, 0.2) is 5.16 Å². The van der Waals surface area contributed by atoms with Gasteiger partial charge in [-0.05, 0) is 36.3 Å². The molecule has 0 unspecified atom stereocenters. The van der Waals surface area contributed by atoms with Crippen LogP contribution in [-0.2, 0) is 35.5 Å². The van der Waals surface area contributed by atoms with Crippen LogP contribution in [0.25, 0.3) is 16.0 Å². The van der Waals surface area contributed by atoms with Crippen molar-refractivity contribution in [2.45, 2.75) is 90.6 Å². The second-order valence-corrected chi connectivity index (χ2v) is 13.2. The van der Waals surface area contributed by atoms with Crippen molar-refractivity contribution in [3.63, 3.8) is 0 Å². The Morgan fingerprint density at radius 2 is 1.88 bits per heavy atom. The number of nitrogens with zero attached hydrogens (tertiary/aromatic N) is 5. The lowest BCUT2D eigenvalue weighted by molar-refractivity contribution is -0.128. The minimum absolute atomic E-state index is 0.0179. The molecule has 3 aromatic heterocycles. The molecule has 0 radical (unpaired) electrons. The molecule has 1 aromatic carbocycles. The van der Waals surface area contributed by atoms with Crippen molar-refractivity contribution < 1.29 is 9.53 Å². The van der Waals surface area contributed by atoms with Crippen LogP contribution in [0.2, 0.25) is 0 Å². The molecule has 4 heterocycles. The summed E-state index contributed by atoms with van der Waals surface area (Å²) < 4.78 is 9.95. The van der Waals surface area contributed by atoms with Gasteiger partial charge in [-0.25, -0.2) is 4.40 Å². The summed E-state index contributed by atoms with van der Waals surface area (Å²) in [6.45, 7) is 11.2. The number of fused-ring (bicyclic) bond motifs is 5. The molecule has 0 spiro atoms. The van der Waals surface area contributed by atoms with Gasteiger partial charge in [-0.15, -0.1) is 21.5 Å². The third-order valence-corrected chi connectivity index (χ3v) is 9.98. The van der Waals surface area contributed by atoms with Crippen molar-refractivity contribution in [2.75, 3.05) is 18.8 Å². The van der Waals surface area contributed by atoms with E-state index in [1.165, 1.54) is 11.8 Å². The van der Waals surface area contributed by atoms with Crippen molar-refractivity contribution in [1.82, 2.24) is 24.1 Å². The Hall–Kier alpha value is -2.69. The summed E-state index contributed by atoms with van der Waals surface area (Å²) in [7, 11) is 0. The monoisotopic (exact) mass is 595 g/mol. The minimum Gasteiger partial charge on any atom is -0.372 e. The zero-order chi connectivity index (χ0) is 28.9. The Kier molecular flexibility index (Phi) is 9.83. The predicted molar refractivity (Wildman–Crippen MR) is 167 cm³/mol. The fourth-order valence-corrected chi connectivity index (χ4v) is 7.51. The first kappa shape index (κ1) is 29.8. The molecule has 4 aromatic rings. The Morgan fingerprint density at radius 1 is 1.15 bits per heavy atom. The summed E-state index contributed by atoms with van der Waals surface area (Å²) in [5.74, 6) is 1.31. The van der Waals surface area contributed by atoms with Crippen molar-refractivity contribution in [3.05, 3.63) is 56.7 Å². The first-order valence-electron chi connectivity index (χ1n) is 14.9. The molecular formula is C31H41N5O3S2. The standard InChI is InChI=1S/C31H41N5O3S2/c1-5-7-15-34(16-8-6-2)26(37)20-40-31-33-32-30-35(17-14-22-12-10-9-11-13-22)28(38)27-23-18-24(21(3)4)39-19-25(23)41-29(27)36(30)31/h9-13,21,24H,5-8,14-20H2,1-4H3/t24-/m0/s1. The van der Waals surface area contributed by atoms with Crippen LogP contribution in [0.15, 0.2) is 40.3 Å². The fourth-order valence-electron chi connectivity index (χ4n) is 5.38. The smallest absolute Gasteiger partial charge is 0.263 e. The molecule has 0 N–H and O–H groups in total. The van der Waals surface area contributed by atoms with Gasteiger partial charge in [0.05, 0.1) is 23.8 Å². The molecule has 41 heavy (non-hydrogen) atoms. The molecule has 1 amide bonds. The lowest BCUT2D eigenvalue weighted by Crippen LogP contribution is -2.34. The van der Waals surface area contributed by atoms with Crippen molar-refractivity contribution in [3.8, 4) is 0 Å². The summed E-state index contributed by atoms with van der Waals surface area (Å²) in [4.78, 5) is 31.3. The molecule has 1 aliphatic rings. The molecule has 0 fully saturated rings. The third kappa shape index (κ3) is 6.39. The quantitative estimate of drug-likeness (QED) is 0.177. The highest BCUT2D eigenvalue weighted by molar-refractivity contribution is 7.99. The van der Waals surface area contributed by atoms with Crippen molar-refractivity contribution >= 4 is 45.0 Å². The van der Waals surface area contributed by atoms with E-state index < -0.39 is 0 Å². The molecule has 5 rings (SSSR count). The average Bonchev–Trinajstić information content (AvgIpc) is 3.57. The number of unbranched alkanes of at least 4 members (excludes halogenated alkanes) is 2. The largest absolute Gasteiger partial charge is 0.372 e. The second-order valence-electron chi connectivity index (χ2n) is 11.2. The van der Waals surface area contributed by atoms with E-state index in [9.17, 15) is 9.59 Å². The van der Waals surface area contributed by atoms with Crippen LogP contribution < -0.4 is 5.56 Å². The molecule has 8 nitrogen and oxygen atoms in total. The highest BCUT2D eigenvalue weighted by Gasteiger charge is 2.30. The Labute approximate surface area is 250 Å². The van der Waals surface area contributed by atoms with Crippen LogP contribution in [0.5, 0.6) is 0 Å². The van der Waals surface area contributed by atoms with E-state index in [0.29, 0.717) is 42.2 Å². The molecule has 0 saturated heterocycles. The van der Waals surface area contributed by atoms with Gasteiger partial charge in [-0.2, -0.15) is 0 Å². The van der Waals surface area contributed by atoms with Crippen LogP contribution in [0.4, 0.5) is 0 Å². The summed E-state index contributed by atoms with van der Waals surface area (Å²) in [5.41, 5.74) is 2.24. The van der Waals surface area contributed by atoms with Gasteiger partial charge in [0, 0.05) is 30.9 Å². The van der Waals surface area contributed by atoms with Gasteiger partial charge in [0.25, 0.3) is 5.56 Å². The van der Waals surface area contributed by atoms with E-state index in [-0.39, 0.29) is 17.6 Å². The molecule has 220 valence electrons. The number of aromatic nitrogens is 4. The number of thioether (sulfide) groups is 1. The maximum atomic E-state index is 14.1. The predicted octanol–water partition coefficient (Wildman–Crippen LogP) is 5.97. The van der Waals surface area contributed by atoms with Gasteiger partial charge in [0.2, 0.25) is 11.7 Å². The Balaban J connectivity index is 1.54. The van der Waals surface area contributed by atoms with E-state index in [0.717, 1.165) is 71.4 Å². The zero-order valence-corrected chi connectivity index (χ0v) is 26.2. The molecule has 0 saturated carbocycles. The van der Waals surface area contributed by atoms with Gasteiger partial charge < -0.3 is 9.64 Å². The van der Waals surface area contributed by atoms with E-state index >= 15 is 0 Å². The van der Waals surface area contributed by atoms with Gasteiger partial charge in [0.1, 0.15) is 4.83 Å². The number of carbonyl (C=O) groups excluding carboxylic acids is 1. The number of amides is 1. The van der Waals surface area contributed by atoms with E-state index in [1.54, 1.807) is 15.9 Å². The third-order valence-electron chi connectivity index (χ3n) is 7.88. The number of hydrogen-bond donors (Lipinski definition) is 0. The normalized spacial score (nSPS) is 15.2. The second kappa shape index (κ2) is 13.5. The number of carbonyl (C=O) groups is 1. The van der Waals surface area contributed by atoms with E-state index in [2.05, 4.69) is 50.0 Å². The number of rotatable bonds is 13. The molecule has 0 aliphatic carbocycles. The van der Waals surface area contributed by atoms with Crippen LogP contribution >= 0.6 is 23.1 Å². The summed E-state index contributed by atoms with van der Waals surface area (Å²) >= 11 is 3.01. The first-order valence-corrected chi connectivity index (χ1v) is 16.7. The minimum atomic E-state index is -0.0179.